The van der Waals surface area contributed by atoms with Gasteiger partial charge in [0.05, 0.1) is 49.8 Å². The molecule has 2 N–H and O–H groups in total. The van der Waals surface area contributed by atoms with E-state index in [2.05, 4.69) is 25.0 Å². The number of methoxy groups -OCH3 is 3. The van der Waals surface area contributed by atoms with Crippen LogP contribution < -0.4 is 24.2 Å². The summed E-state index contributed by atoms with van der Waals surface area (Å²) >= 11 is 0. The summed E-state index contributed by atoms with van der Waals surface area (Å²) in [4.78, 5) is 25.3. The third-order valence-electron chi connectivity index (χ3n) is 6.05. The summed E-state index contributed by atoms with van der Waals surface area (Å²) in [6, 6.07) is 10.3. The fourth-order valence-electron chi connectivity index (χ4n) is 4.18. The number of benzene rings is 2. The van der Waals surface area contributed by atoms with Crippen molar-refractivity contribution in [1.29, 1.82) is 0 Å². The molecule has 2 aromatic carbocycles. The van der Waals surface area contributed by atoms with Crippen molar-refractivity contribution in [3.63, 3.8) is 0 Å². The Bertz CT molecular complexity index is 1710. The smallest absolute Gasteiger partial charge is 0.338 e. The largest absolute Gasteiger partial charge is 0.491 e. The summed E-state index contributed by atoms with van der Waals surface area (Å²) in [5.41, 5.74) is 2.71. The molecule has 4 rings (SSSR count). The first-order valence-electron chi connectivity index (χ1n) is 13.1. The second-order valence-corrected chi connectivity index (χ2v) is 11.2. The van der Waals surface area contributed by atoms with Crippen LogP contribution in [-0.4, -0.2) is 63.3 Å². The van der Waals surface area contributed by atoms with Crippen molar-refractivity contribution in [3.8, 4) is 28.8 Å². The normalized spacial score (nSPS) is 11.4. The summed E-state index contributed by atoms with van der Waals surface area (Å²) in [5, 5.41) is 3.73. The Hall–Kier alpha value is -4.49. The minimum Gasteiger partial charge on any atom is -0.491 e. The van der Waals surface area contributed by atoms with Crippen LogP contribution in [0.4, 0.5) is 11.4 Å². The Morgan fingerprint density at radius 2 is 1.79 bits per heavy atom. The molecule has 42 heavy (non-hydrogen) atoms. The van der Waals surface area contributed by atoms with Crippen molar-refractivity contribution >= 4 is 38.3 Å². The van der Waals surface area contributed by atoms with E-state index in [9.17, 15) is 13.2 Å². The van der Waals surface area contributed by atoms with E-state index < -0.39 is 16.0 Å². The number of hydrogen-bond acceptors (Lipinski definition) is 11. The Morgan fingerprint density at radius 1 is 1.00 bits per heavy atom. The lowest BCUT2D eigenvalue weighted by Crippen LogP contribution is -2.25. The van der Waals surface area contributed by atoms with Crippen molar-refractivity contribution in [2.75, 3.05) is 33.2 Å². The van der Waals surface area contributed by atoms with Gasteiger partial charge in [-0.15, -0.1) is 0 Å². The molecule has 0 unspecified atom stereocenters. The SMILES string of the molecule is CCCNS(=O)(=O)c1cnc2cc(-c3cnc(OC)nc3OC)ccc2c1Nc1cc(OC(C)C)cc(C(=O)OC)c1. The van der Waals surface area contributed by atoms with Gasteiger partial charge in [-0.2, -0.15) is 4.98 Å². The summed E-state index contributed by atoms with van der Waals surface area (Å²) in [6.45, 7) is 5.84. The van der Waals surface area contributed by atoms with Gasteiger partial charge in [0.2, 0.25) is 15.9 Å². The molecular formula is C29H33N5O7S. The molecule has 12 nitrogen and oxygen atoms in total. The number of esters is 1. The van der Waals surface area contributed by atoms with Crippen LogP contribution in [0, 0.1) is 0 Å². The minimum absolute atomic E-state index is 0.0589. The number of hydrogen-bond donors (Lipinski definition) is 2. The van der Waals surface area contributed by atoms with Gasteiger partial charge in [0.25, 0.3) is 0 Å². The first-order valence-corrected chi connectivity index (χ1v) is 14.6. The molecule has 0 spiro atoms. The van der Waals surface area contributed by atoms with Crippen molar-refractivity contribution in [3.05, 3.63) is 54.4 Å². The molecule has 2 aromatic heterocycles. The zero-order valence-electron chi connectivity index (χ0n) is 24.2. The number of pyridine rings is 1. The van der Waals surface area contributed by atoms with E-state index in [1.54, 1.807) is 42.6 Å². The van der Waals surface area contributed by atoms with Crippen LogP contribution in [0.1, 0.15) is 37.6 Å². The highest BCUT2D eigenvalue weighted by atomic mass is 32.2. The third kappa shape index (κ3) is 6.69. The third-order valence-corrected chi connectivity index (χ3v) is 7.53. The molecule has 0 amide bonds. The highest BCUT2D eigenvalue weighted by molar-refractivity contribution is 7.89. The summed E-state index contributed by atoms with van der Waals surface area (Å²) in [7, 11) is 0.281. The first-order chi connectivity index (χ1) is 20.1. The van der Waals surface area contributed by atoms with Crippen molar-refractivity contribution in [1.82, 2.24) is 19.7 Å². The number of fused-ring (bicyclic) bond motifs is 1. The van der Waals surface area contributed by atoms with Crippen LogP contribution in [0.5, 0.6) is 17.6 Å². The molecule has 13 heteroatoms. The number of sulfonamides is 1. The van der Waals surface area contributed by atoms with Gasteiger partial charge in [-0.05, 0) is 44.0 Å². The lowest BCUT2D eigenvalue weighted by molar-refractivity contribution is 0.0600. The predicted molar refractivity (Wildman–Crippen MR) is 158 cm³/mol. The second kappa shape index (κ2) is 13.0. The number of nitrogens with zero attached hydrogens (tertiary/aromatic N) is 3. The highest BCUT2D eigenvalue weighted by Crippen LogP contribution is 2.37. The van der Waals surface area contributed by atoms with Gasteiger partial charge >= 0.3 is 12.0 Å². The summed E-state index contributed by atoms with van der Waals surface area (Å²) in [6.07, 6.45) is 3.31. The van der Waals surface area contributed by atoms with Crippen LogP contribution in [-0.2, 0) is 14.8 Å². The van der Waals surface area contributed by atoms with Crippen LogP contribution in [0.2, 0.25) is 0 Å². The summed E-state index contributed by atoms with van der Waals surface area (Å²) < 4.78 is 50.7. The molecule has 0 aliphatic carbocycles. The van der Waals surface area contributed by atoms with E-state index in [0.29, 0.717) is 45.8 Å². The molecule has 2 heterocycles. The topological polar surface area (TPSA) is 151 Å². The maximum atomic E-state index is 13.4. The molecule has 0 atom stereocenters. The molecule has 0 aliphatic heterocycles. The standard InChI is InChI=1S/C29H33N5O7S/c1-7-10-32-42(36,37)25-16-30-24-13-18(23-15-31-29(40-6)34-27(23)38-4)8-9-22(24)26(25)33-20-11-19(28(35)39-5)12-21(14-20)41-17(2)3/h8-9,11-17,32H,7,10H2,1-6H3,(H,30,33). The summed E-state index contributed by atoms with van der Waals surface area (Å²) in [5.74, 6) is 0.153. The van der Waals surface area contributed by atoms with Gasteiger partial charge < -0.3 is 24.3 Å². The zero-order chi connectivity index (χ0) is 30.4. The Morgan fingerprint density at radius 3 is 2.45 bits per heavy atom. The van der Waals surface area contributed by atoms with Gasteiger partial charge in [0.1, 0.15) is 10.6 Å². The average molecular weight is 596 g/mol. The van der Waals surface area contributed by atoms with E-state index >= 15 is 0 Å². The van der Waals surface area contributed by atoms with Crippen LogP contribution in [0.15, 0.2) is 53.7 Å². The number of rotatable bonds is 12. The molecule has 4 aromatic rings. The van der Waals surface area contributed by atoms with Crippen LogP contribution >= 0.6 is 0 Å². The zero-order valence-corrected chi connectivity index (χ0v) is 25.0. The van der Waals surface area contributed by atoms with Crippen LogP contribution in [0.3, 0.4) is 0 Å². The van der Waals surface area contributed by atoms with E-state index in [0.717, 1.165) is 0 Å². The van der Waals surface area contributed by atoms with Crippen molar-refractivity contribution in [2.45, 2.75) is 38.2 Å². The Labute approximate surface area is 244 Å². The molecule has 0 aliphatic rings. The molecular weight excluding hydrogens is 562 g/mol. The molecule has 0 radical (unpaired) electrons. The average Bonchev–Trinajstić information content (AvgIpc) is 2.98. The van der Waals surface area contributed by atoms with Gasteiger partial charge in [0.15, 0.2) is 0 Å². The van der Waals surface area contributed by atoms with Gasteiger partial charge in [-0.1, -0.05) is 19.1 Å². The fraction of sp³-hybridized carbons (Fsp3) is 0.310. The van der Waals surface area contributed by atoms with Gasteiger partial charge in [-0.3, -0.25) is 4.98 Å². The van der Waals surface area contributed by atoms with E-state index in [4.69, 9.17) is 18.9 Å². The minimum atomic E-state index is -3.96. The van der Waals surface area contributed by atoms with E-state index in [-0.39, 0.29) is 34.8 Å². The lowest BCUT2D eigenvalue weighted by Gasteiger charge is -2.18. The first kappa shape index (κ1) is 30.5. The van der Waals surface area contributed by atoms with Crippen molar-refractivity contribution < 1.29 is 32.2 Å². The number of carbonyl (C=O) groups excluding carboxylic acids is 1. The predicted octanol–water partition coefficient (Wildman–Crippen LogP) is 4.71. The Kier molecular flexibility index (Phi) is 9.43. The van der Waals surface area contributed by atoms with E-state index in [1.165, 1.54) is 27.5 Å². The maximum absolute atomic E-state index is 13.4. The number of ether oxygens (including phenoxy) is 4. The van der Waals surface area contributed by atoms with Crippen LogP contribution in [0.25, 0.3) is 22.0 Å². The maximum Gasteiger partial charge on any atom is 0.338 e. The fourth-order valence-corrected chi connectivity index (χ4v) is 5.43. The molecule has 222 valence electrons. The number of anilines is 2. The van der Waals surface area contributed by atoms with Gasteiger partial charge in [0, 0.05) is 36.1 Å². The molecule has 0 saturated heterocycles. The lowest BCUT2D eigenvalue weighted by atomic mass is 10.0. The second-order valence-electron chi connectivity index (χ2n) is 9.44. The molecule has 0 bridgehead atoms. The Balaban J connectivity index is 1.90. The van der Waals surface area contributed by atoms with Crippen molar-refractivity contribution in [2.24, 2.45) is 0 Å². The number of nitrogens with one attached hydrogen (secondary N) is 2. The highest BCUT2D eigenvalue weighted by Gasteiger charge is 2.23. The van der Waals surface area contributed by atoms with E-state index in [1.807, 2.05) is 20.8 Å². The van der Waals surface area contributed by atoms with Gasteiger partial charge in [-0.25, -0.2) is 22.9 Å². The molecule has 0 fully saturated rings. The number of aromatic nitrogens is 3. The number of carbonyl (C=O) groups is 1. The quantitative estimate of drug-likeness (QED) is 0.219. The monoisotopic (exact) mass is 595 g/mol. The molecule has 0 saturated carbocycles.